The van der Waals surface area contributed by atoms with Crippen molar-refractivity contribution in [3.63, 3.8) is 0 Å². The smallest absolute Gasteiger partial charge is 0.310 e. The molecule has 0 spiro atoms. The lowest BCUT2D eigenvalue weighted by Crippen LogP contribution is -2.35. The molecule has 3 aliphatic rings. The van der Waals surface area contributed by atoms with Crippen LogP contribution in [-0.2, 0) is 9.53 Å². The third-order valence-electron chi connectivity index (χ3n) is 7.94. The fourth-order valence-electron chi connectivity index (χ4n) is 6.14. The predicted molar refractivity (Wildman–Crippen MR) is 135 cm³/mol. The Balaban J connectivity index is 1.50. The van der Waals surface area contributed by atoms with Crippen LogP contribution in [0.25, 0.3) is 10.2 Å². The minimum Gasteiger partial charge on any atom is -0.502 e. The number of nitrogens with zero attached hydrogens (tertiary/aromatic N) is 1. The number of cyclic esters (lactones) is 1. The Morgan fingerprint density at radius 1 is 0.878 bits per heavy atom. The Hall–Kier alpha value is -4.26. The van der Waals surface area contributed by atoms with Crippen LogP contribution in [0.15, 0.2) is 24.3 Å². The van der Waals surface area contributed by atoms with Crippen molar-refractivity contribution in [2.75, 3.05) is 27.6 Å². The number of hydrogen-bond acceptors (Lipinski definition) is 9. The van der Waals surface area contributed by atoms with E-state index in [1.54, 1.807) is 24.3 Å². The number of fused-ring (bicyclic) bond motifs is 4. The zero-order valence-electron chi connectivity index (χ0n) is 21.3. The molecular formula is C28H19F4NO7S. The van der Waals surface area contributed by atoms with Gasteiger partial charge < -0.3 is 28.8 Å². The fourth-order valence-corrected chi connectivity index (χ4v) is 7.32. The van der Waals surface area contributed by atoms with Crippen molar-refractivity contribution in [3.05, 3.63) is 69.2 Å². The molecule has 3 heterocycles. The minimum absolute atomic E-state index is 0.0422. The Labute approximate surface area is 233 Å². The molecule has 1 saturated heterocycles. The second kappa shape index (κ2) is 9.13. The lowest BCUT2D eigenvalue weighted by molar-refractivity contribution is -0.141. The van der Waals surface area contributed by atoms with E-state index in [-0.39, 0.29) is 35.7 Å². The van der Waals surface area contributed by atoms with Crippen molar-refractivity contribution in [1.82, 2.24) is 4.98 Å². The van der Waals surface area contributed by atoms with Crippen LogP contribution in [0.3, 0.4) is 0 Å². The van der Waals surface area contributed by atoms with Gasteiger partial charge in [-0.1, -0.05) is 0 Å². The zero-order valence-corrected chi connectivity index (χ0v) is 22.1. The van der Waals surface area contributed by atoms with E-state index in [0.717, 1.165) is 0 Å². The molecule has 4 atom stereocenters. The van der Waals surface area contributed by atoms with Crippen LogP contribution in [0, 0.1) is 35.1 Å². The molecule has 8 nitrogen and oxygen atoms in total. The number of benzene rings is 3. The third kappa shape index (κ3) is 3.57. The van der Waals surface area contributed by atoms with Gasteiger partial charge in [0.05, 0.1) is 31.4 Å². The molecule has 0 saturated carbocycles. The largest absolute Gasteiger partial charge is 0.502 e. The van der Waals surface area contributed by atoms with E-state index in [1.165, 1.54) is 14.2 Å². The number of rotatable bonds is 4. The molecule has 1 aliphatic carbocycles. The molecule has 0 bridgehead atoms. The number of halogens is 4. The number of methoxy groups -OCH3 is 2. The van der Waals surface area contributed by atoms with E-state index in [2.05, 4.69) is 4.98 Å². The van der Waals surface area contributed by atoms with Gasteiger partial charge in [0.1, 0.15) is 10.5 Å². The van der Waals surface area contributed by atoms with E-state index in [4.69, 9.17) is 23.7 Å². The van der Waals surface area contributed by atoms with Crippen molar-refractivity contribution in [2.45, 2.75) is 11.8 Å². The van der Waals surface area contributed by atoms with E-state index >= 15 is 0 Å². The van der Waals surface area contributed by atoms with Crippen LogP contribution in [0.1, 0.15) is 33.5 Å². The second-order valence-corrected chi connectivity index (χ2v) is 10.9. The Morgan fingerprint density at radius 2 is 1.49 bits per heavy atom. The van der Waals surface area contributed by atoms with E-state index in [1.807, 2.05) is 0 Å². The molecule has 0 amide bonds. The summed E-state index contributed by atoms with van der Waals surface area (Å²) >= 11 is 0.681. The number of aromatic hydroxyl groups is 1. The number of esters is 1. The lowest BCUT2D eigenvalue weighted by atomic mass is 9.63. The normalized spacial score (nSPS) is 22.4. The number of ether oxygens (including phenoxy) is 5. The summed E-state index contributed by atoms with van der Waals surface area (Å²) in [5, 5.41) is 10.7. The summed E-state index contributed by atoms with van der Waals surface area (Å²) in [6, 6.07) is 6.61. The average molecular weight is 590 g/mol. The van der Waals surface area contributed by atoms with Crippen LogP contribution < -0.4 is 18.9 Å². The molecule has 3 aromatic carbocycles. The molecule has 1 aromatic heterocycles. The number of carbonyl (C=O) groups is 1. The van der Waals surface area contributed by atoms with Gasteiger partial charge in [0.2, 0.25) is 12.5 Å². The highest BCUT2D eigenvalue weighted by atomic mass is 32.1. The standard InChI is InChI=1S/C28H19F4NO7S/c1-36-15-3-9(4-16(37-2)25(15)34)17-10-5-13-14(40-8-39-13)6-11(10)18(12-7-38-28(35)19(12)17)27-33-24-22(31)20(29)21(30)23(32)26(24)41-27/h3-6,12,17-19,34H,7-8H2,1-2H3/t12-,17-,18-,19+/m1/s1. The van der Waals surface area contributed by atoms with Gasteiger partial charge in [-0.25, -0.2) is 22.5 Å². The van der Waals surface area contributed by atoms with Crippen molar-refractivity contribution in [2.24, 2.45) is 11.8 Å². The third-order valence-corrected chi connectivity index (χ3v) is 9.07. The molecular weight excluding hydrogens is 570 g/mol. The summed E-state index contributed by atoms with van der Waals surface area (Å²) in [7, 11) is 2.76. The Bertz CT molecular complexity index is 1710. The number of aromatic nitrogens is 1. The first-order chi connectivity index (χ1) is 19.7. The van der Waals surface area contributed by atoms with Crippen molar-refractivity contribution >= 4 is 27.5 Å². The first-order valence-electron chi connectivity index (χ1n) is 12.4. The summed E-state index contributed by atoms with van der Waals surface area (Å²) in [5.74, 6) is -9.51. The number of thiazole rings is 1. The fraction of sp³-hybridized carbons (Fsp3) is 0.286. The van der Waals surface area contributed by atoms with Crippen LogP contribution in [0.2, 0.25) is 0 Å². The molecule has 13 heteroatoms. The Kier molecular flexibility index (Phi) is 5.72. The molecule has 7 rings (SSSR count). The van der Waals surface area contributed by atoms with Crippen LogP contribution in [0.5, 0.6) is 28.7 Å². The second-order valence-electron chi connectivity index (χ2n) is 9.87. The molecule has 1 fully saturated rings. The number of hydrogen-bond donors (Lipinski definition) is 1. The molecule has 4 aromatic rings. The van der Waals surface area contributed by atoms with Crippen molar-refractivity contribution in [1.29, 1.82) is 0 Å². The van der Waals surface area contributed by atoms with E-state index < -0.39 is 63.1 Å². The summed E-state index contributed by atoms with van der Waals surface area (Å²) in [4.78, 5) is 17.6. The minimum atomic E-state index is -1.95. The monoisotopic (exact) mass is 589 g/mol. The van der Waals surface area contributed by atoms with Crippen molar-refractivity contribution < 1.29 is 51.1 Å². The van der Waals surface area contributed by atoms with Gasteiger partial charge in [-0.05, 0) is 41.0 Å². The molecule has 1 N–H and O–H groups in total. The quantitative estimate of drug-likeness (QED) is 0.147. The van der Waals surface area contributed by atoms with Gasteiger partial charge in [-0.15, -0.1) is 11.3 Å². The number of carbonyl (C=O) groups excluding carboxylic acids is 1. The maximum atomic E-state index is 14.7. The molecule has 212 valence electrons. The molecule has 2 aliphatic heterocycles. The predicted octanol–water partition coefficient (Wildman–Crippen LogP) is 5.37. The van der Waals surface area contributed by atoms with Crippen LogP contribution in [-0.4, -0.2) is 43.7 Å². The summed E-state index contributed by atoms with van der Waals surface area (Å²) in [5.41, 5.74) is 1.13. The maximum absolute atomic E-state index is 14.7. The summed E-state index contributed by atoms with van der Waals surface area (Å²) in [6.07, 6.45) is 0. The van der Waals surface area contributed by atoms with E-state index in [0.29, 0.717) is 39.5 Å². The van der Waals surface area contributed by atoms with Gasteiger partial charge >= 0.3 is 5.97 Å². The zero-order chi connectivity index (χ0) is 28.7. The van der Waals surface area contributed by atoms with Gasteiger partial charge in [-0.2, -0.15) is 0 Å². The van der Waals surface area contributed by atoms with Gasteiger partial charge in [-0.3, -0.25) is 4.79 Å². The van der Waals surface area contributed by atoms with E-state index in [9.17, 15) is 27.5 Å². The highest BCUT2D eigenvalue weighted by molar-refractivity contribution is 7.18. The molecule has 41 heavy (non-hydrogen) atoms. The van der Waals surface area contributed by atoms with Gasteiger partial charge in [0.15, 0.2) is 46.3 Å². The first kappa shape index (κ1) is 25.7. The number of phenolic OH excluding ortho intramolecular Hbond substituents is 1. The average Bonchev–Trinajstić information content (AvgIpc) is 3.72. The topological polar surface area (TPSA) is 96.3 Å². The number of phenols is 1. The Morgan fingerprint density at radius 3 is 2.12 bits per heavy atom. The first-order valence-corrected chi connectivity index (χ1v) is 13.2. The van der Waals surface area contributed by atoms with Crippen LogP contribution in [0.4, 0.5) is 17.6 Å². The van der Waals surface area contributed by atoms with Gasteiger partial charge in [0.25, 0.3) is 0 Å². The SMILES string of the molecule is COc1cc([C@@H]2c3cc4c(cc3[C@@H](c3nc5c(F)c(F)c(F)c(F)c5s3)[C@H]3COC(=O)[C@H]23)OCO4)cc(OC)c1O. The summed E-state index contributed by atoms with van der Waals surface area (Å²) < 4.78 is 84.5. The maximum Gasteiger partial charge on any atom is 0.310 e. The highest BCUT2D eigenvalue weighted by Crippen LogP contribution is 2.58. The molecule has 0 unspecified atom stereocenters. The highest BCUT2D eigenvalue weighted by Gasteiger charge is 2.54. The van der Waals surface area contributed by atoms with Crippen molar-refractivity contribution in [3.8, 4) is 28.7 Å². The van der Waals surface area contributed by atoms with Crippen LogP contribution >= 0.6 is 11.3 Å². The summed E-state index contributed by atoms with van der Waals surface area (Å²) in [6.45, 7) is -0.0893. The lowest BCUT2D eigenvalue weighted by Gasteiger charge is -2.38. The molecule has 0 radical (unpaired) electrons. The van der Waals surface area contributed by atoms with Gasteiger partial charge in [0, 0.05) is 17.8 Å².